The molecule has 2 rings (SSSR count). The van der Waals surface area contributed by atoms with Crippen LogP contribution in [0, 0.1) is 10.1 Å². The quantitative estimate of drug-likeness (QED) is 0.489. The standard InChI is InChI=1S/C13H10N2O4S/c1-19-13(16)9-2-3-11(15(17)18)12(8-9)20-10-4-6-14-7-5-10/h2-8H,1H3. The Labute approximate surface area is 118 Å². The van der Waals surface area contributed by atoms with E-state index in [1.807, 2.05) is 0 Å². The monoisotopic (exact) mass is 290 g/mol. The van der Waals surface area contributed by atoms with E-state index in [2.05, 4.69) is 9.72 Å². The van der Waals surface area contributed by atoms with E-state index in [-0.39, 0.29) is 11.3 Å². The molecule has 1 aromatic heterocycles. The van der Waals surface area contributed by atoms with Crippen molar-refractivity contribution in [2.75, 3.05) is 7.11 Å². The van der Waals surface area contributed by atoms with Crippen molar-refractivity contribution in [3.8, 4) is 0 Å². The third-order valence-electron chi connectivity index (χ3n) is 2.46. The molecule has 0 saturated heterocycles. The molecule has 0 unspecified atom stereocenters. The lowest BCUT2D eigenvalue weighted by atomic mass is 10.2. The molecule has 0 bridgehead atoms. The number of benzene rings is 1. The van der Waals surface area contributed by atoms with Gasteiger partial charge >= 0.3 is 5.97 Å². The Morgan fingerprint density at radius 3 is 2.60 bits per heavy atom. The molecule has 102 valence electrons. The maximum absolute atomic E-state index is 11.5. The number of hydrogen-bond donors (Lipinski definition) is 0. The van der Waals surface area contributed by atoms with Crippen LogP contribution in [0.5, 0.6) is 0 Å². The Kier molecular flexibility index (Phi) is 4.31. The minimum absolute atomic E-state index is 0.0561. The fourth-order valence-electron chi connectivity index (χ4n) is 1.52. The van der Waals surface area contributed by atoms with E-state index < -0.39 is 10.9 Å². The number of carbonyl (C=O) groups is 1. The van der Waals surface area contributed by atoms with Crippen LogP contribution in [-0.2, 0) is 4.74 Å². The zero-order valence-electron chi connectivity index (χ0n) is 10.5. The highest BCUT2D eigenvalue weighted by atomic mass is 32.2. The number of rotatable bonds is 4. The molecule has 0 aliphatic rings. The van der Waals surface area contributed by atoms with Crippen molar-refractivity contribution >= 4 is 23.4 Å². The third kappa shape index (κ3) is 3.12. The van der Waals surface area contributed by atoms with Crippen LogP contribution in [0.25, 0.3) is 0 Å². The number of pyridine rings is 1. The first-order valence-corrected chi connectivity index (χ1v) is 6.38. The minimum atomic E-state index is -0.531. The Bertz CT molecular complexity index is 646. The van der Waals surface area contributed by atoms with Crippen molar-refractivity contribution in [1.29, 1.82) is 0 Å². The first kappa shape index (κ1) is 14.0. The zero-order chi connectivity index (χ0) is 14.5. The lowest BCUT2D eigenvalue weighted by Gasteiger charge is -2.05. The smallest absolute Gasteiger partial charge is 0.337 e. The molecule has 0 N–H and O–H groups in total. The van der Waals surface area contributed by atoms with Crippen LogP contribution in [0.4, 0.5) is 5.69 Å². The zero-order valence-corrected chi connectivity index (χ0v) is 11.3. The molecule has 7 heteroatoms. The highest BCUT2D eigenvalue weighted by Crippen LogP contribution is 2.35. The SMILES string of the molecule is COC(=O)c1ccc([N+](=O)[O-])c(Sc2ccncc2)c1. The van der Waals surface area contributed by atoms with Gasteiger partial charge in [0.2, 0.25) is 0 Å². The van der Waals surface area contributed by atoms with E-state index in [1.54, 1.807) is 24.5 Å². The van der Waals surface area contributed by atoms with Gasteiger partial charge < -0.3 is 4.74 Å². The fraction of sp³-hybridized carbons (Fsp3) is 0.0769. The van der Waals surface area contributed by atoms with Gasteiger partial charge in [-0.25, -0.2) is 4.79 Å². The van der Waals surface area contributed by atoms with Crippen LogP contribution in [0.2, 0.25) is 0 Å². The lowest BCUT2D eigenvalue weighted by molar-refractivity contribution is -0.387. The second-order valence-corrected chi connectivity index (χ2v) is 4.83. The summed E-state index contributed by atoms with van der Waals surface area (Å²) in [4.78, 5) is 27.1. The molecule has 0 saturated carbocycles. The second-order valence-electron chi connectivity index (χ2n) is 3.72. The predicted octanol–water partition coefficient (Wildman–Crippen LogP) is 2.93. The van der Waals surface area contributed by atoms with Gasteiger partial charge in [-0.1, -0.05) is 11.8 Å². The van der Waals surface area contributed by atoms with Gasteiger partial charge in [0, 0.05) is 23.4 Å². The summed E-state index contributed by atoms with van der Waals surface area (Å²) in [6.45, 7) is 0. The highest BCUT2D eigenvalue weighted by molar-refractivity contribution is 7.99. The van der Waals surface area contributed by atoms with Crippen LogP contribution < -0.4 is 0 Å². The Morgan fingerprint density at radius 2 is 2.00 bits per heavy atom. The number of nitrogens with zero attached hydrogens (tertiary/aromatic N) is 2. The molecule has 1 heterocycles. The van der Waals surface area contributed by atoms with E-state index in [9.17, 15) is 14.9 Å². The summed E-state index contributed by atoms with van der Waals surface area (Å²) < 4.78 is 4.61. The first-order chi connectivity index (χ1) is 9.61. The van der Waals surface area contributed by atoms with Crippen molar-refractivity contribution < 1.29 is 14.5 Å². The van der Waals surface area contributed by atoms with Gasteiger partial charge in [0.25, 0.3) is 5.69 Å². The summed E-state index contributed by atoms with van der Waals surface area (Å²) in [5.74, 6) is -0.531. The summed E-state index contributed by atoms with van der Waals surface area (Å²) in [7, 11) is 1.26. The molecular formula is C13H10N2O4S. The Hall–Kier alpha value is -2.41. The van der Waals surface area contributed by atoms with Crippen molar-refractivity contribution in [3.63, 3.8) is 0 Å². The van der Waals surface area contributed by atoms with Gasteiger partial charge in [0.1, 0.15) is 0 Å². The number of nitro benzene ring substituents is 1. The van der Waals surface area contributed by atoms with Crippen molar-refractivity contribution in [2.24, 2.45) is 0 Å². The van der Waals surface area contributed by atoms with Gasteiger partial charge in [-0.3, -0.25) is 15.1 Å². The summed E-state index contributed by atoms with van der Waals surface area (Å²) in [6.07, 6.45) is 3.19. The number of hydrogen-bond acceptors (Lipinski definition) is 6. The van der Waals surface area contributed by atoms with Crippen LogP contribution >= 0.6 is 11.8 Å². The molecule has 0 radical (unpaired) electrons. The van der Waals surface area contributed by atoms with E-state index in [1.165, 1.54) is 37.1 Å². The molecule has 0 aliphatic carbocycles. The molecule has 0 aliphatic heterocycles. The maximum atomic E-state index is 11.5. The van der Waals surface area contributed by atoms with Crippen LogP contribution in [-0.4, -0.2) is 23.0 Å². The molecule has 0 amide bonds. The lowest BCUT2D eigenvalue weighted by Crippen LogP contribution is -2.02. The number of ether oxygens (including phenoxy) is 1. The van der Waals surface area contributed by atoms with Crippen LogP contribution in [0.3, 0.4) is 0 Å². The fourth-order valence-corrected chi connectivity index (χ4v) is 2.47. The van der Waals surface area contributed by atoms with E-state index >= 15 is 0 Å². The second kappa shape index (κ2) is 6.16. The normalized spacial score (nSPS) is 10.1. The van der Waals surface area contributed by atoms with Crippen LogP contribution in [0.15, 0.2) is 52.5 Å². The number of esters is 1. The van der Waals surface area contributed by atoms with E-state index in [0.29, 0.717) is 4.90 Å². The average molecular weight is 290 g/mol. The Morgan fingerprint density at radius 1 is 1.30 bits per heavy atom. The molecular weight excluding hydrogens is 280 g/mol. The summed E-state index contributed by atoms with van der Waals surface area (Å²) in [5.41, 5.74) is 0.217. The largest absolute Gasteiger partial charge is 0.465 e. The van der Waals surface area contributed by atoms with E-state index in [0.717, 1.165) is 4.90 Å². The van der Waals surface area contributed by atoms with E-state index in [4.69, 9.17) is 0 Å². The molecule has 2 aromatic rings. The number of methoxy groups -OCH3 is 1. The van der Waals surface area contributed by atoms with Gasteiger partial charge in [-0.15, -0.1) is 0 Å². The third-order valence-corrected chi connectivity index (χ3v) is 3.51. The Balaban J connectivity index is 2.42. The molecule has 0 spiro atoms. The summed E-state index contributed by atoms with van der Waals surface area (Å²) in [5, 5.41) is 11.0. The van der Waals surface area contributed by atoms with Crippen molar-refractivity contribution in [1.82, 2.24) is 4.98 Å². The van der Waals surface area contributed by atoms with Crippen molar-refractivity contribution in [3.05, 3.63) is 58.4 Å². The molecule has 1 aromatic carbocycles. The summed E-state index contributed by atoms with van der Waals surface area (Å²) in [6, 6.07) is 7.60. The first-order valence-electron chi connectivity index (χ1n) is 5.56. The van der Waals surface area contributed by atoms with Gasteiger partial charge in [0.05, 0.1) is 22.5 Å². The average Bonchev–Trinajstić information content (AvgIpc) is 2.47. The number of nitro groups is 1. The highest BCUT2D eigenvalue weighted by Gasteiger charge is 2.18. The number of carbonyl (C=O) groups excluding carboxylic acids is 1. The molecule has 6 nitrogen and oxygen atoms in total. The predicted molar refractivity (Wildman–Crippen MR) is 72.8 cm³/mol. The van der Waals surface area contributed by atoms with Gasteiger partial charge in [0.15, 0.2) is 0 Å². The topological polar surface area (TPSA) is 82.3 Å². The molecule has 0 atom stereocenters. The minimum Gasteiger partial charge on any atom is -0.465 e. The van der Waals surface area contributed by atoms with Crippen LogP contribution in [0.1, 0.15) is 10.4 Å². The maximum Gasteiger partial charge on any atom is 0.337 e. The van der Waals surface area contributed by atoms with Gasteiger partial charge in [-0.2, -0.15) is 0 Å². The number of aromatic nitrogens is 1. The molecule has 0 fully saturated rings. The van der Waals surface area contributed by atoms with Crippen molar-refractivity contribution in [2.45, 2.75) is 9.79 Å². The molecule has 20 heavy (non-hydrogen) atoms. The summed E-state index contributed by atoms with van der Waals surface area (Å²) >= 11 is 1.20. The van der Waals surface area contributed by atoms with Gasteiger partial charge in [-0.05, 0) is 24.3 Å².